The molecule has 5 nitrogen and oxygen atoms in total. The van der Waals surface area contributed by atoms with Crippen LogP contribution in [0.4, 0.5) is 0 Å². The van der Waals surface area contributed by atoms with Crippen molar-refractivity contribution >= 4 is 17.5 Å². The van der Waals surface area contributed by atoms with Crippen molar-refractivity contribution in [1.29, 1.82) is 0 Å². The molecule has 1 aliphatic rings. The van der Waals surface area contributed by atoms with Gasteiger partial charge in [-0.2, -0.15) is 0 Å². The van der Waals surface area contributed by atoms with E-state index < -0.39 is 0 Å². The molecule has 1 saturated heterocycles. The number of halogens is 1. The summed E-state index contributed by atoms with van der Waals surface area (Å²) in [5.41, 5.74) is 1.63. The Morgan fingerprint density at radius 2 is 1.92 bits per heavy atom. The van der Waals surface area contributed by atoms with Gasteiger partial charge in [0.2, 0.25) is 0 Å². The average molecular weight is 346 g/mol. The number of amides is 1. The highest BCUT2D eigenvalue weighted by Crippen LogP contribution is 2.27. The first-order valence-corrected chi connectivity index (χ1v) is 8.38. The average Bonchev–Trinajstić information content (AvgIpc) is 2.65. The van der Waals surface area contributed by atoms with E-state index in [4.69, 9.17) is 16.3 Å². The van der Waals surface area contributed by atoms with Crippen LogP contribution in [-0.4, -0.2) is 48.6 Å². The lowest BCUT2D eigenvalue weighted by Gasteiger charge is -2.35. The predicted octanol–water partition coefficient (Wildman–Crippen LogP) is 2.54. The predicted molar refractivity (Wildman–Crippen MR) is 93.2 cm³/mol. The Kier molecular flexibility index (Phi) is 5.80. The summed E-state index contributed by atoms with van der Waals surface area (Å²) in [6.07, 6.45) is 3.23. The van der Waals surface area contributed by atoms with Crippen LogP contribution in [0.15, 0.2) is 48.8 Å². The van der Waals surface area contributed by atoms with Crippen LogP contribution < -0.4 is 5.32 Å². The first-order valence-electron chi connectivity index (χ1n) is 8.00. The molecule has 1 amide bonds. The fourth-order valence-electron chi connectivity index (χ4n) is 2.86. The number of benzene rings is 1. The van der Waals surface area contributed by atoms with E-state index in [0.29, 0.717) is 30.3 Å². The molecule has 1 atom stereocenters. The summed E-state index contributed by atoms with van der Waals surface area (Å²) in [6.45, 7) is 3.52. The third-order valence-electron chi connectivity index (χ3n) is 4.15. The second kappa shape index (κ2) is 8.24. The molecular weight excluding hydrogens is 326 g/mol. The molecule has 0 unspecified atom stereocenters. The van der Waals surface area contributed by atoms with E-state index in [-0.39, 0.29) is 11.9 Å². The maximum absolute atomic E-state index is 12.3. The van der Waals surface area contributed by atoms with Gasteiger partial charge in [-0.1, -0.05) is 29.8 Å². The Morgan fingerprint density at radius 1 is 1.21 bits per heavy atom. The highest BCUT2D eigenvalue weighted by molar-refractivity contribution is 6.31. The highest BCUT2D eigenvalue weighted by atomic mass is 35.5. The summed E-state index contributed by atoms with van der Waals surface area (Å²) in [7, 11) is 0. The number of pyridine rings is 1. The molecule has 0 spiro atoms. The van der Waals surface area contributed by atoms with Crippen molar-refractivity contribution in [2.45, 2.75) is 6.04 Å². The first kappa shape index (κ1) is 16.9. The van der Waals surface area contributed by atoms with Gasteiger partial charge >= 0.3 is 0 Å². The van der Waals surface area contributed by atoms with Gasteiger partial charge in [0, 0.05) is 42.6 Å². The number of hydrogen-bond donors (Lipinski definition) is 1. The van der Waals surface area contributed by atoms with E-state index in [1.165, 1.54) is 0 Å². The van der Waals surface area contributed by atoms with Gasteiger partial charge in [0.05, 0.1) is 19.3 Å². The van der Waals surface area contributed by atoms with Crippen LogP contribution in [0, 0.1) is 0 Å². The van der Waals surface area contributed by atoms with Gasteiger partial charge in [-0.3, -0.25) is 14.7 Å². The minimum absolute atomic E-state index is 0.0217. The van der Waals surface area contributed by atoms with Crippen LogP contribution in [0.5, 0.6) is 0 Å². The smallest absolute Gasteiger partial charge is 0.251 e. The monoisotopic (exact) mass is 345 g/mol. The van der Waals surface area contributed by atoms with Crippen molar-refractivity contribution in [1.82, 2.24) is 15.2 Å². The number of hydrogen-bond acceptors (Lipinski definition) is 4. The largest absolute Gasteiger partial charge is 0.379 e. The number of aromatic nitrogens is 1. The van der Waals surface area contributed by atoms with Gasteiger partial charge in [0.1, 0.15) is 0 Å². The normalized spacial score (nSPS) is 16.5. The molecule has 1 aliphatic heterocycles. The molecule has 24 heavy (non-hydrogen) atoms. The van der Waals surface area contributed by atoms with Crippen LogP contribution in [0.1, 0.15) is 22.0 Å². The topological polar surface area (TPSA) is 54.5 Å². The zero-order valence-corrected chi connectivity index (χ0v) is 14.1. The number of carbonyl (C=O) groups excluding carboxylic acids is 1. The molecule has 0 saturated carbocycles. The molecule has 126 valence electrons. The van der Waals surface area contributed by atoms with Gasteiger partial charge < -0.3 is 10.1 Å². The summed E-state index contributed by atoms with van der Waals surface area (Å²) in [5.74, 6) is -0.109. The van der Waals surface area contributed by atoms with Gasteiger partial charge in [0.25, 0.3) is 5.91 Å². The third kappa shape index (κ3) is 4.12. The summed E-state index contributed by atoms with van der Waals surface area (Å²) >= 11 is 6.39. The Morgan fingerprint density at radius 3 is 2.62 bits per heavy atom. The van der Waals surface area contributed by atoms with Crippen molar-refractivity contribution < 1.29 is 9.53 Å². The van der Waals surface area contributed by atoms with Crippen molar-refractivity contribution in [2.75, 3.05) is 32.8 Å². The molecule has 1 fully saturated rings. The Balaban J connectivity index is 1.75. The minimum Gasteiger partial charge on any atom is -0.379 e. The van der Waals surface area contributed by atoms with Crippen LogP contribution in [-0.2, 0) is 4.74 Å². The number of morpholine rings is 1. The molecule has 0 radical (unpaired) electrons. The van der Waals surface area contributed by atoms with Gasteiger partial charge in [0.15, 0.2) is 0 Å². The van der Waals surface area contributed by atoms with Crippen LogP contribution in [0.2, 0.25) is 5.02 Å². The Hall–Kier alpha value is -1.95. The fraction of sp³-hybridized carbons (Fsp3) is 0.333. The molecule has 1 aromatic carbocycles. The Labute approximate surface area is 146 Å². The number of nitrogens with one attached hydrogen (secondary N) is 1. The Bertz CT molecular complexity index is 675. The molecule has 1 N–H and O–H groups in total. The van der Waals surface area contributed by atoms with E-state index in [1.54, 1.807) is 24.5 Å². The third-order valence-corrected chi connectivity index (χ3v) is 4.49. The summed E-state index contributed by atoms with van der Waals surface area (Å²) in [5, 5.41) is 3.73. The van der Waals surface area contributed by atoms with Crippen molar-refractivity contribution in [3.05, 3.63) is 64.9 Å². The summed E-state index contributed by atoms with van der Waals surface area (Å²) < 4.78 is 5.44. The zero-order valence-electron chi connectivity index (χ0n) is 13.3. The van der Waals surface area contributed by atoms with E-state index >= 15 is 0 Å². The molecule has 6 heteroatoms. The van der Waals surface area contributed by atoms with Gasteiger partial charge in [-0.05, 0) is 23.8 Å². The van der Waals surface area contributed by atoms with E-state index in [9.17, 15) is 4.79 Å². The SMILES string of the molecule is O=C(NC[C@@H](c1ccccc1Cl)N1CCOCC1)c1ccncc1. The van der Waals surface area contributed by atoms with Gasteiger partial charge in [-0.25, -0.2) is 0 Å². The molecule has 0 aliphatic carbocycles. The highest BCUT2D eigenvalue weighted by Gasteiger charge is 2.24. The number of nitrogens with zero attached hydrogens (tertiary/aromatic N) is 2. The van der Waals surface area contributed by atoms with Gasteiger partial charge in [-0.15, -0.1) is 0 Å². The number of carbonyl (C=O) groups is 1. The maximum atomic E-state index is 12.3. The summed E-state index contributed by atoms with van der Waals surface area (Å²) in [6, 6.07) is 11.2. The fourth-order valence-corrected chi connectivity index (χ4v) is 3.13. The van der Waals surface area contributed by atoms with Crippen molar-refractivity contribution in [2.24, 2.45) is 0 Å². The van der Waals surface area contributed by atoms with E-state index in [1.807, 2.05) is 24.3 Å². The second-order valence-electron chi connectivity index (χ2n) is 5.63. The van der Waals surface area contributed by atoms with E-state index in [2.05, 4.69) is 15.2 Å². The zero-order chi connectivity index (χ0) is 16.8. The lowest BCUT2D eigenvalue weighted by molar-refractivity contribution is 0.0162. The number of rotatable bonds is 5. The number of ether oxygens (including phenoxy) is 1. The maximum Gasteiger partial charge on any atom is 0.251 e. The van der Waals surface area contributed by atoms with Crippen LogP contribution >= 0.6 is 11.6 Å². The molecule has 1 aromatic heterocycles. The lowest BCUT2D eigenvalue weighted by Crippen LogP contribution is -2.44. The van der Waals surface area contributed by atoms with E-state index in [0.717, 1.165) is 18.7 Å². The summed E-state index contributed by atoms with van der Waals surface area (Å²) in [4.78, 5) is 18.6. The van der Waals surface area contributed by atoms with Crippen molar-refractivity contribution in [3.63, 3.8) is 0 Å². The van der Waals surface area contributed by atoms with Crippen molar-refractivity contribution in [3.8, 4) is 0 Å². The molecule has 0 bridgehead atoms. The minimum atomic E-state index is -0.109. The van der Waals surface area contributed by atoms with Crippen LogP contribution in [0.25, 0.3) is 0 Å². The second-order valence-corrected chi connectivity index (χ2v) is 6.04. The van der Waals surface area contributed by atoms with Crippen LogP contribution in [0.3, 0.4) is 0 Å². The first-order chi connectivity index (χ1) is 11.8. The molecule has 3 rings (SSSR count). The lowest BCUT2D eigenvalue weighted by atomic mass is 10.0. The molecule has 2 aromatic rings. The molecular formula is C18H20ClN3O2. The standard InChI is InChI=1S/C18H20ClN3O2/c19-16-4-2-1-3-15(16)17(22-9-11-24-12-10-22)13-21-18(23)14-5-7-20-8-6-14/h1-8,17H,9-13H2,(H,21,23)/t17-/m0/s1. The quantitative estimate of drug-likeness (QED) is 0.904. The molecule has 2 heterocycles.